The molecule has 0 spiro atoms. The van der Waals surface area contributed by atoms with Crippen molar-refractivity contribution in [3.05, 3.63) is 0 Å². The van der Waals surface area contributed by atoms with Gasteiger partial charge in [-0.1, -0.05) is 13.8 Å². The Morgan fingerprint density at radius 1 is 1.42 bits per heavy atom. The molecule has 72 valence electrons. The molecule has 1 unspecified atom stereocenters. The molecule has 0 aliphatic heterocycles. The minimum Gasteiger partial charge on any atom is -0.384 e. The second kappa shape index (κ2) is 6.00. The lowest BCUT2D eigenvalue weighted by Crippen LogP contribution is -2.33. The first kappa shape index (κ1) is 11.4. The highest BCUT2D eigenvalue weighted by Crippen LogP contribution is 2.01. The Kier molecular flexibility index (Phi) is 5.72. The van der Waals surface area contributed by atoms with Gasteiger partial charge >= 0.3 is 0 Å². The van der Waals surface area contributed by atoms with E-state index in [2.05, 4.69) is 19.2 Å². The fourth-order valence-corrected chi connectivity index (χ4v) is 0.870. The monoisotopic (exact) mass is 173 g/mol. The van der Waals surface area contributed by atoms with Gasteiger partial charge in [-0.05, 0) is 25.7 Å². The van der Waals surface area contributed by atoms with Crippen molar-refractivity contribution in [1.29, 1.82) is 0 Å². The molecule has 0 rings (SSSR count). The Morgan fingerprint density at radius 3 is 2.42 bits per heavy atom. The fraction of sp³-hybridized carbons (Fsp3) is 0.889. The van der Waals surface area contributed by atoms with Gasteiger partial charge in [0.15, 0.2) is 0 Å². The van der Waals surface area contributed by atoms with Crippen LogP contribution < -0.4 is 5.32 Å². The summed E-state index contributed by atoms with van der Waals surface area (Å²) in [6, 6.07) is 0. The van der Waals surface area contributed by atoms with Crippen LogP contribution in [0.5, 0.6) is 0 Å². The highest BCUT2D eigenvalue weighted by Gasteiger charge is 2.06. The smallest absolute Gasteiger partial charge is 0.248 e. The summed E-state index contributed by atoms with van der Waals surface area (Å²) in [7, 11) is 0. The number of hydrogen-bond acceptors (Lipinski definition) is 2. The lowest BCUT2D eigenvalue weighted by Gasteiger charge is -2.07. The normalized spacial score (nSPS) is 13.1. The maximum atomic E-state index is 10.8. The number of aliphatic hydroxyl groups is 1. The van der Waals surface area contributed by atoms with Crippen LogP contribution in [0.1, 0.15) is 33.6 Å². The molecule has 0 aromatic carbocycles. The number of nitrogens with one attached hydrogen (secondary N) is 1. The van der Waals surface area contributed by atoms with Crippen molar-refractivity contribution in [2.24, 2.45) is 5.92 Å². The van der Waals surface area contributed by atoms with Crippen molar-refractivity contribution >= 4 is 5.91 Å². The summed E-state index contributed by atoms with van der Waals surface area (Å²) >= 11 is 0. The predicted octanol–water partition coefficient (Wildman–Crippen LogP) is 0.920. The summed E-state index contributed by atoms with van der Waals surface area (Å²) < 4.78 is 0. The van der Waals surface area contributed by atoms with Crippen molar-refractivity contribution in [2.45, 2.75) is 39.7 Å². The average Bonchev–Trinajstić information content (AvgIpc) is 1.97. The Morgan fingerprint density at radius 2 is 2.00 bits per heavy atom. The Balaban J connectivity index is 3.26. The van der Waals surface area contributed by atoms with E-state index >= 15 is 0 Å². The van der Waals surface area contributed by atoms with Gasteiger partial charge in [0.2, 0.25) is 5.91 Å². The van der Waals surface area contributed by atoms with Gasteiger partial charge in [0, 0.05) is 6.54 Å². The molecule has 0 saturated heterocycles. The highest BCUT2D eigenvalue weighted by atomic mass is 16.3. The fourth-order valence-electron chi connectivity index (χ4n) is 0.870. The molecule has 1 atom stereocenters. The molecule has 2 N–H and O–H groups in total. The van der Waals surface area contributed by atoms with Gasteiger partial charge in [0.05, 0.1) is 0 Å². The number of hydrogen-bond donors (Lipinski definition) is 2. The SMILES string of the molecule is CC(C)CCCNC(=O)C(C)O. The van der Waals surface area contributed by atoms with Gasteiger partial charge in [0.25, 0.3) is 0 Å². The Hall–Kier alpha value is -0.570. The first-order valence-corrected chi connectivity index (χ1v) is 4.49. The molecule has 0 aliphatic carbocycles. The lowest BCUT2D eigenvalue weighted by molar-refractivity contribution is -0.128. The van der Waals surface area contributed by atoms with E-state index < -0.39 is 6.10 Å². The van der Waals surface area contributed by atoms with E-state index in [1.807, 2.05) is 0 Å². The summed E-state index contributed by atoms with van der Waals surface area (Å²) in [4.78, 5) is 10.8. The molecule has 0 aromatic rings. The standard InChI is InChI=1S/C9H19NO2/c1-7(2)5-4-6-10-9(12)8(3)11/h7-8,11H,4-6H2,1-3H3,(H,10,12). The van der Waals surface area contributed by atoms with Crippen molar-refractivity contribution in [3.63, 3.8) is 0 Å². The topological polar surface area (TPSA) is 49.3 Å². The zero-order chi connectivity index (χ0) is 9.56. The largest absolute Gasteiger partial charge is 0.384 e. The molecule has 0 aliphatic rings. The van der Waals surface area contributed by atoms with E-state index in [1.165, 1.54) is 6.92 Å². The van der Waals surface area contributed by atoms with Crippen LogP contribution in [0.2, 0.25) is 0 Å². The second-order valence-electron chi connectivity index (χ2n) is 3.50. The van der Waals surface area contributed by atoms with E-state index in [0.717, 1.165) is 12.8 Å². The molecule has 0 heterocycles. The summed E-state index contributed by atoms with van der Waals surface area (Å²) in [6.07, 6.45) is 1.21. The molecule has 0 saturated carbocycles. The maximum absolute atomic E-state index is 10.8. The molecule has 0 bridgehead atoms. The van der Waals surface area contributed by atoms with Crippen LogP contribution in [-0.2, 0) is 4.79 Å². The molecular formula is C9H19NO2. The van der Waals surface area contributed by atoms with Gasteiger partial charge in [-0.15, -0.1) is 0 Å². The van der Waals surface area contributed by atoms with Gasteiger partial charge in [-0.2, -0.15) is 0 Å². The van der Waals surface area contributed by atoms with E-state index in [1.54, 1.807) is 0 Å². The second-order valence-corrected chi connectivity index (χ2v) is 3.50. The van der Waals surface area contributed by atoms with E-state index in [0.29, 0.717) is 12.5 Å². The van der Waals surface area contributed by atoms with Crippen LogP contribution in [0.15, 0.2) is 0 Å². The van der Waals surface area contributed by atoms with Crippen LogP contribution >= 0.6 is 0 Å². The first-order chi connectivity index (χ1) is 5.54. The number of amides is 1. The van der Waals surface area contributed by atoms with E-state index in [9.17, 15) is 4.79 Å². The summed E-state index contributed by atoms with van der Waals surface area (Å²) in [5.74, 6) is 0.396. The maximum Gasteiger partial charge on any atom is 0.248 e. The number of carbonyl (C=O) groups is 1. The number of rotatable bonds is 5. The zero-order valence-corrected chi connectivity index (χ0v) is 8.13. The van der Waals surface area contributed by atoms with Gasteiger partial charge < -0.3 is 10.4 Å². The third kappa shape index (κ3) is 6.16. The van der Waals surface area contributed by atoms with E-state index in [-0.39, 0.29) is 5.91 Å². The molecule has 12 heavy (non-hydrogen) atoms. The van der Waals surface area contributed by atoms with Gasteiger partial charge in [-0.25, -0.2) is 0 Å². The quantitative estimate of drug-likeness (QED) is 0.607. The van der Waals surface area contributed by atoms with Crippen LogP contribution in [0.3, 0.4) is 0 Å². The van der Waals surface area contributed by atoms with Gasteiger partial charge in [-0.3, -0.25) is 4.79 Å². The Labute approximate surface area is 74.2 Å². The third-order valence-corrected chi connectivity index (χ3v) is 1.64. The zero-order valence-electron chi connectivity index (χ0n) is 8.13. The molecule has 1 amide bonds. The van der Waals surface area contributed by atoms with Crippen molar-refractivity contribution < 1.29 is 9.90 Å². The third-order valence-electron chi connectivity index (χ3n) is 1.64. The number of carbonyl (C=O) groups excluding carboxylic acids is 1. The Bertz CT molecular complexity index is 132. The molecule has 0 aromatic heterocycles. The summed E-state index contributed by atoms with van der Waals surface area (Å²) in [5.41, 5.74) is 0. The van der Waals surface area contributed by atoms with Crippen molar-refractivity contribution in [2.75, 3.05) is 6.54 Å². The molecule has 0 fully saturated rings. The minimum absolute atomic E-state index is 0.279. The molecular weight excluding hydrogens is 154 g/mol. The average molecular weight is 173 g/mol. The summed E-state index contributed by atoms with van der Waals surface area (Å²) in [6.45, 7) is 6.44. The molecule has 0 radical (unpaired) electrons. The van der Waals surface area contributed by atoms with E-state index in [4.69, 9.17) is 5.11 Å². The van der Waals surface area contributed by atoms with Gasteiger partial charge in [0.1, 0.15) is 6.10 Å². The first-order valence-electron chi connectivity index (χ1n) is 4.49. The van der Waals surface area contributed by atoms with Crippen LogP contribution in [-0.4, -0.2) is 23.7 Å². The molecule has 3 heteroatoms. The van der Waals surface area contributed by atoms with Crippen LogP contribution in [0.25, 0.3) is 0 Å². The molecule has 3 nitrogen and oxygen atoms in total. The minimum atomic E-state index is -0.885. The number of aliphatic hydroxyl groups excluding tert-OH is 1. The summed E-state index contributed by atoms with van der Waals surface area (Å²) in [5, 5.41) is 11.5. The van der Waals surface area contributed by atoms with Crippen LogP contribution in [0, 0.1) is 5.92 Å². The highest BCUT2D eigenvalue weighted by molar-refractivity contribution is 5.79. The van der Waals surface area contributed by atoms with Crippen molar-refractivity contribution in [3.8, 4) is 0 Å². The predicted molar refractivity (Wildman–Crippen MR) is 48.8 cm³/mol. The lowest BCUT2D eigenvalue weighted by atomic mass is 10.1. The van der Waals surface area contributed by atoms with Crippen molar-refractivity contribution in [1.82, 2.24) is 5.32 Å². The van der Waals surface area contributed by atoms with Crippen LogP contribution in [0.4, 0.5) is 0 Å².